The number of benzene rings is 2. The molecule has 0 fully saturated rings. The molecule has 1 aliphatic rings. The maximum Gasteiger partial charge on any atom is 0.177 e. The minimum absolute atomic E-state index is 0.164. The highest BCUT2D eigenvalue weighted by molar-refractivity contribution is 7.99. The number of rotatable bonds is 3. The minimum atomic E-state index is -0.404. The van der Waals surface area contributed by atoms with Gasteiger partial charge in [0.2, 0.25) is 0 Å². The third-order valence-electron chi connectivity index (χ3n) is 3.23. The summed E-state index contributed by atoms with van der Waals surface area (Å²) in [6.45, 7) is 0.454. The third-order valence-corrected chi connectivity index (χ3v) is 4.48. The van der Waals surface area contributed by atoms with Gasteiger partial charge in [0.05, 0.1) is 12.3 Å². The van der Waals surface area contributed by atoms with Crippen LogP contribution in [0.15, 0.2) is 47.4 Å². The maximum atomic E-state index is 13.6. The van der Waals surface area contributed by atoms with Gasteiger partial charge in [-0.05, 0) is 23.8 Å². The summed E-state index contributed by atoms with van der Waals surface area (Å²) in [5, 5.41) is 0. The molecule has 0 amide bonds. The number of ether oxygens (including phenoxy) is 1. The van der Waals surface area contributed by atoms with Crippen LogP contribution in [0.4, 0.5) is 10.1 Å². The van der Waals surface area contributed by atoms with Gasteiger partial charge in [-0.1, -0.05) is 24.3 Å². The van der Waals surface area contributed by atoms with E-state index in [1.165, 1.54) is 16.5 Å². The molecule has 1 atom stereocenters. The largest absolute Gasteiger partial charge is 0.488 e. The molecule has 2 N–H and O–H groups in total. The van der Waals surface area contributed by atoms with E-state index in [0.717, 1.165) is 5.75 Å². The van der Waals surface area contributed by atoms with E-state index < -0.39 is 5.82 Å². The van der Waals surface area contributed by atoms with Crippen LogP contribution in [-0.2, 0) is 0 Å². The lowest BCUT2D eigenvalue weighted by atomic mass is 10.0. The lowest BCUT2D eigenvalue weighted by Gasteiger charge is -2.14. The number of nitrogens with two attached hydrogens (primary N) is 1. The van der Waals surface area contributed by atoms with Crippen molar-refractivity contribution >= 4 is 17.4 Å². The van der Waals surface area contributed by atoms with Gasteiger partial charge in [0.1, 0.15) is 0 Å². The number of thioether (sulfide) groups is 1. The fourth-order valence-electron chi connectivity index (χ4n) is 2.23. The van der Waals surface area contributed by atoms with E-state index >= 15 is 0 Å². The molecule has 1 aliphatic heterocycles. The second-order valence-electron chi connectivity index (χ2n) is 4.51. The monoisotopic (exact) mass is 275 g/mol. The van der Waals surface area contributed by atoms with E-state index in [-0.39, 0.29) is 5.75 Å². The molecule has 3 rings (SSSR count). The Balaban J connectivity index is 1.75. The second kappa shape index (κ2) is 5.13. The van der Waals surface area contributed by atoms with Crippen molar-refractivity contribution in [3.05, 3.63) is 53.8 Å². The Hall–Kier alpha value is -1.68. The van der Waals surface area contributed by atoms with Crippen LogP contribution < -0.4 is 10.5 Å². The zero-order chi connectivity index (χ0) is 13.2. The van der Waals surface area contributed by atoms with E-state index in [2.05, 4.69) is 12.1 Å². The zero-order valence-electron chi connectivity index (χ0n) is 10.3. The first-order valence-corrected chi connectivity index (χ1v) is 7.13. The number of fused-ring (bicyclic) bond motifs is 1. The molecule has 2 aromatic rings. The summed E-state index contributed by atoms with van der Waals surface area (Å²) in [5.41, 5.74) is 7.36. The van der Waals surface area contributed by atoms with Gasteiger partial charge in [0.25, 0.3) is 0 Å². The van der Waals surface area contributed by atoms with Crippen molar-refractivity contribution in [2.45, 2.75) is 10.8 Å². The molecule has 0 aromatic heterocycles. The van der Waals surface area contributed by atoms with Crippen LogP contribution in [-0.4, -0.2) is 12.4 Å². The Morgan fingerprint density at radius 3 is 2.89 bits per heavy atom. The first-order chi connectivity index (χ1) is 9.25. The van der Waals surface area contributed by atoms with Crippen LogP contribution in [0.1, 0.15) is 11.5 Å². The fourth-order valence-corrected chi connectivity index (χ4v) is 3.46. The Labute approximate surface area is 115 Å². The molecule has 1 heterocycles. The van der Waals surface area contributed by atoms with Crippen molar-refractivity contribution in [3.8, 4) is 5.75 Å². The predicted molar refractivity (Wildman–Crippen MR) is 76.2 cm³/mol. The van der Waals surface area contributed by atoms with Gasteiger partial charge in [-0.3, -0.25) is 0 Å². The number of hydrogen-bond acceptors (Lipinski definition) is 3. The molecule has 0 bridgehead atoms. The van der Waals surface area contributed by atoms with Crippen LogP contribution >= 0.6 is 11.8 Å². The average molecular weight is 275 g/mol. The summed E-state index contributed by atoms with van der Waals surface area (Å²) in [5.74, 6) is 1.02. The number of para-hydroxylation sites is 1. The standard InChI is InChI=1S/C15H14FNOS/c16-12-5-3-6-13(17)15(12)18-8-10-9-19-14-7-2-1-4-11(10)14/h1-7,10H,8-9,17H2. The van der Waals surface area contributed by atoms with Crippen molar-refractivity contribution in [2.24, 2.45) is 0 Å². The summed E-state index contributed by atoms with van der Waals surface area (Å²) in [7, 11) is 0. The molecule has 2 aromatic carbocycles. The Morgan fingerprint density at radius 2 is 2.05 bits per heavy atom. The quantitative estimate of drug-likeness (QED) is 0.868. The molecular weight excluding hydrogens is 261 g/mol. The van der Waals surface area contributed by atoms with Gasteiger partial charge < -0.3 is 10.5 Å². The first kappa shape index (κ1) is 12.4. The summed E-state index contributed by atoms with van der Waals surface area (Å²) >= 11 is 1.81. The first-order valence-electron chi connectivity index (χ1n) is 6.14. The topological polar surface area (TPSA) is 35.2 Å². The molecule has 1 unspecified atom stereocenters. The summed E-state index contributed by atoms with van der Waals surface area (Å²) in [4.78, 5) is 1.29. The summed E-state index contributed by atoms with van der Waals surface area (Å²) < 4.78 is 19.2. The maximum absolute atomic E-state index is 13.6. The van der Waals surface area contributed by atoms with Crippen LogP contribution in [0.5, 0.6) is 5.75 Å². The van der Waals surface area contributed by atoms with E-state index in [0.29, 0.717) is 18.2 Å². The van der Waals surface area contributed by atoms with Crippen LogP contribution in [0.2, 0.25) is 0 Å². The average Bonchev–Trinajstić information content (AvgIpc) is 2.82. The zero-order valence-corrected chi connectivity index (χ0v) is 11.1. The van der Waals surface area contributed by atoms with Crippen molar-refractivity contribution < 1.29 is 9.13 Å². The summed E-state index contributed by atoms with van der Waals surface area (Å²) in [6.07, 6.45) is 0. The van der Waals surface area contributed by atoms with Crippen molar-refractivity contribution in [1.29, 1.82) is 0 Å². The third kappa shape index (κ3) is 2.40. The molecule has 19 heavy (non-hydrogen) atoms. The van der Waals surface area contributed by atoms with Gasteiger partial charge in [0, 0.05) is 16.6 Å². The van der Waals surface area contributed by atoms with Gasteiger partial charge in [-0.15, -0.1) is 11.8 Å². The van der Waals surface area contributed by atoms with E-state index in [1.807, 2.05) is 23.9 Å². The molecule has 0 aliphatic carbocycles. The van der Waals surface area contributed by atoms with Crippen molar-refractivity contribution in [3.63, 3.8) is 0 Å². The lowest BCUT2D eigenvalue weighted by molar-refractivity contribution is 0.285. The highest BCUT2D eigenvalue weighted by Crippen LogP contribution is 2.39. The van der Waals surface area contributed by atoms with Crippen molar-refractivity contribution in [1.82, 2.24) is 0 Å². The van der Waals surface area contributed by atoms with Gasteiger partial charge in [-0.25, -0.2) is 4.39 Å². The Kier molecular flexibility index (Phi) is 3.34. The molecule has 0 saturated heterocycles. The van der Waals surface area contributed by atoms with Crippen LogP contribution in [0, 0.1) is 5.82 Å². The fraction of sp³-hybridized carbons (Fsp3) is 0.200. The highest BCUT2D eigenvalue weighted by Gasteiger charge is 2.23. The van der Waals surface area contributed by atoms with Gasteiger partial charge in [-0.2, -0.15) is 0 Å². The summed E-state index contributed by atoms with van der Waals surface area (Å²) in [6, 6.07) is 12.9. The molecule has 2 nitrogen and oxygen atoms in total. The van der Waals surface area contributed by atoms with Crippen LogP contribution in [0.3, 0.4) is 0 Å². The van der Waals surface area contributed by atoms with E-state index in [9.17, 15) is 4.39 Å². The molecular formula is C15H14FNOS. The number of halogens is 1. The number of anilines is 1. The Bertz CT molecular complexity index is 582. The number of hydrogen-bond donors (Lipinski definition) is 1. The van der Waals surface area contributed by atoms with Crippen molar-refractivity contribution in [2.75, 3.05) is 18.1 Å². The minimum Gasteiger partial charge on any atom is -0.488 e. The smallest absolute Gasteiger partial charge is 0.177 e. The number of nitrogen functional groups attached to an aromatic ring is 1. The molecule has 98 valence electrons. The SMILES string of the molecule is Nc1cccc(F)c1OCC1CSc2ccccc21. The highest BCUT2D eigenvalue weighted by atomic mass is 32.2. The molecule has 0 spiro atoms. The van der Waals surface area contributed by atoms with E-state index in [4.69, 9.17) is 10.5 Å². The molecule has 0 saturated carbocycles. The van der Waals surface area contributed by atoms with Gasteiger partial charge in [0.15, 0.2) is 11.6 Å². The molecule has 0 radical (unpaired) electrons. The van der Waals surface area contributed by atoms with Crippen LogP contribution in [0.25, 0.3) is 0 Å². The lowest BCUT2D eigenvalue weighted by Crippen LogP contribution is -2.11. The normalized spacial score (nSPS) is 17.2. The molecule has 4 heteroatoms. The Morgan fingerprint density at radius 1 is 1.21 bits per heavy atom. The van der Waals surface area contributed by atoms with Gasteiger partial charge >= 0.3 is 0 Å². The van der Waals surface area contributed by atoms with E-state index in [1.54, 1.807) is 12.1 Å². The second-order valence-corrected chi connectivity index (χ2v) is 5.58. The predicted octanol–water partition coefficient (Wildman–Crippen LogP) is 3.68.